The maximum absolute atomic E-state index is 9.44. The number of rotatable bonds is 4. The summed E-state index contributed by atoms with van der Waals surface area (Å²) in [5, 5.41) is 29.0. The van der Waals surface area contributed by atoms with Gasteiger partial charge in [0.25, 0.3) is 0 Å². The summed E-state index contributed by atoms with van der Waals surface area (Å²) in [5.74, 6) is 0.135. The normalized spacial score (nSPS) is 12.6. The first-order chi connectivity index (χ1) is 8.56. The van der Waals surface area contributed by atoms with Crippen LogP contribution in [0.3, 0.4) is 0 Å². The molecule has 5 nitrogen and oxygen atoms in total. The van der Waals surface area contributed by atoms with Gasteiger partial charge < -0.3 is 15.5 Å². The first-order valence-electron chi connectivity index (χ1n) is 5.81. The molecule has 0 aliphatic carbocycles. The number of aromatic amines is 1. The van der Waals surface area contributed by atoms with Crippen LogP contribution in [0, 0.1) is 6.92 Å². The van der Waals surface area contributed by atoms with Crippen LogP contribution >= 0.6 is 0 Å². The van der Waals surface area contributed by atoms with Crippen molar-refractivity contribution in [2.75, 3.05) is 0 Å². The zero-order valence-corrected chi connectivity index (χ0v) is 10.4. The second-order valence-electron chi connectivity index (χ2n) is 4.41. The number of aromatic nitrogens is 2. The number of aromatic hydroxyl groups is 2. The highest BCUT2D eigenvalue weighted by atomic mass is 16.3. The van der Waals surface area contributed by atoms with Gasteiger partial charge in [-0.3, -0.25) is 5.10 Å². The van der Waals surface area contributed by atoms with Crippen LogP contribution in [0.5, 0.6) is 11.5 Å². The van der Waals surface area contributed by atoms with Gasteiger partial charge in [-0.1, -0.05) is 0 Å². The van der Waals surface area contributed by atoms with E-state index in [9.17, 15) is 10.2 Å². The third-order valence-corrected chi connectivity index (χ3v) is 2.96. The topological polar surface area (TPSA) is 81.2 Å². The van der Waals surface area contributed by atoms with Crippen molar-refractivity contribution in [2.24, 2.45) is 0 Å². The molecular formula is C13H17N3O2. The van der Waals surface area contributed by atoms with Crippen LogP contribution in [0.1, 0.15) is 29.8 Å². The molecule has 1 aromatic carbocycles. The van der Waals surface area contributed by atoms with E-state index in [1.165, 1.54) is 6.07 Å². The molecule has 0 amide bonds. The zero-order valence-electron chi connectivity index (χ0n) is 10.4. The SMILES string of the molecule is Cc1[nH]ncc1CNC(C)c1cc(O)cc(O)c1. The minimum Gasteiger partial charge on any atom is -0.508 e. The highest BCUT2D eigenvalue weighted by Gasteiger charge is 2.09. The number of nitrogens with zero attached hydrogens (tertiary/aromatic N) is 1. The molecule has 5 heteroatoms. The molecule has 0 saturated carbocycles. The van der Waals surface area contributed by atoms with Crippen LogP contribution in [0.25, 0.3) is 0 Å². The summed E-state index contributed by atoms with van der Waals surface area (Å²) in [5.41, 5.74) is 2.98. The lowest BCUT2D eigenvalue weighted by molar-refractivity contribution is 0.446. The smallest absolute Gasteiger partial charge is 0.119 e. The van der Waals surface area contributed by atoms with E-state index < -0.39 is 0 Å². The van der Waals surface area contributed by atoms with Crippen LogP contribution in [0.4, 0.5) is 0 Å². The van der Waals surface area contributed by atoms with Gasteiger partial charge in [0.15, 0.2) is 0 Å². The van der Waals surface area contributed by atoms with E-state index in [1.807, 2.05) is 13.8 Å². The van der Waals surface area contributed by atoms with E-state index in [0.29, 0.717) is 6.54 Å². The van der Waals surface area contributed by atoms with Crippen molar-refractivity contribution < 1.29 is 10.2 Å². The van der Waals surface area contributed by atoms with Crippen molar-refractivity contribution in [2.45, 2.75) is 26.4 Å². The van der Waals surface area contributed by atoms with E-state index >= 15 is 0 Å². The number of phenols is 2. The Morgan fingerprint density at radius 1 is 1.28 bits per heavy atom. The van der Waals surface area contributed by atoms with Crippen molar-refractivity contribution in [1.29, 1.82) is 0 Å². The van der Waals surface area contributed by atoms with Crippen LogP contribution in [0.15, 0.2) is 24.4 Å². The van der Waals surface area contributed by atoms with Gasteiger partial charge in [-0.15, -0.1) is 0 Å². The molecule has 0 spiro atoms. The lowest BCUT2D eigenvalue weighted by Crippen LogP contribution is -2.18. The molecule has 1 heterocycles. The van der Waals surface area contributed by atoms with Gasteiger partial charge in [0.2, 0.25) is 0 Å². The predicted molar refractivity (Wildman–Crippen MR) is 68.4 cm³/mol. The van der Waals surface area contributed by atoms with Crippen LogP contribution in [-0.2, 0) is 6.54 Å². The number of phenolic OH excluding ortho intramolecular Hbond substituents is 2. The molecule has 0 saturated heterocycles. The maximum atomic E-state index is 9.44. The summed E-state index contributed by atoms with van der Waals surface area (Å²) >= 11 is 0. The third-order valence-electron chi connectivity index (χ3n) is 2.96. The summed E-state index contributed by atoms with van der Waals surface area (Å²) < 4.78 is 0. The Morgan fingerprint density at radius 2 is 1.94 bits per heavy atom. The van der Waals surface area contributed by atoms with E-state index in [2.05, 4.69) is 15.5 Å². The number of aryl methyl sites for hydroxylation is 1. The van der Waals surface area contributed by atoms with Gasteiger partial charge in [0, 0.05) is 29.9 Å². The van der Waals surface area contributed by atoms with Gasteiger partial charge in [-0.05, 0) is 31.5 Å². The summed E-state index contributed by atoms with van der Waals surface area (Å²) in [6.07, 6.45) is 1.79. The number of nitrogens with one attached hydrogen (secondary N) is 2. The fourth-order valence-corrected chi connectivity index (χ4v) is 1.80. The molecular weight excluding hydrogens is 230 g/mol. The Balaban J connectivity index is 2.03. The molecule has 1 unspecified atom stereocenters. The maximum Gasteiger partial charge on any atom is 0.119 e. The van der Waals surface area contributed by atoms with Gasteiger partial charge in [0.1, 0.15) is 11.5 Å². The average Bonchev–Trinajstić information content (AvgIpc) is 2.70. The largest absolute Gasteiger partial charge is 0.508 e. The molecule has 96 valence electrons. The molecule has 2 aromatic rings. The average molecular weight is 247 g/mol. The molecule has 2 rings (SSSR count). The van der Waals surface area contributed by atoms with E-state index in [0.717, 1.165) is 16.8 Å². The number of benzene rings is 1. The first-order valence-corrected chi connectivity index (χ1v) is 5.81. The lowest BCUT2D eigenvalue weighted by atomic mass is 10.1. The predicted octanol–water partition coefficient (Wildman–Crippen LogP) is 1.98. The molecule has 0 aliphatic heterocycles. The fourth-order valence-electron chi connectivity index (χ4n) is 1.80. The van der Waals surface area contributed by atoms with Gasteiger partial charge >= 0.3 is 0 Å². The molecule has 1 atom stereocenters. The Labute approximate surface area is 105 Å². The molecule has 0 bridgehead atoms. The second-order valence-corrected chi connectivity index (χ2v) is 4.41. The zero-order chi connectivity index (χ0) is 13.1. The van der Waals surface area contributed by atoms with Crippen molar-refractivity contribution >= 4 is 0 Å². The molecule has 0 fully saturated rings. The van der Waals surface area contributed by atoms with Gasteiger partial charge in [-0.2, -0.15) is 5.10 Å². The van der Waals surface area contributed by atoms with Crippen LogP contribution in [0.2, 0.25) is 0 Å². The highest BCUT2D eigenvalue weighted by Crippen LogP contribution is 2.24. The summed E-state index contributed by atoms with van der Waals surface area (Å²) in [6.45, 7) is 4.62. The van der Waals surface area contributed by atoms with E-state index in [-0.39, 0.29) is 17.5 Å². The minimum absolute atomic E-state index is 0.0253. The van der Waals surface area contributed by atoms with Crippen LogP contribution < -0.4 is 5.32 Å². The van der Waals surface area contributed by atoms with Gasteiger partial charge in [0.05, 0.1) is 6.20 Å². The molecule has 18 heavy (non-hydrogen) atoms. The van der Waals surface area contributed by atoms with Crippen molar-refractivity contribution in [3.63, 3.8) is 0 Å². The number of hydrogen-bond donors (Lipinski definition) is 4. The quantitative estimate of drug-likeness (QED) is 0.666. The third kappa shape index (κ3) is 2.81. The standard InChI is InChI=1S/C13H17N3O2/c1-8(10-3-12(17)5-13(18)4-10)14-6-11-7-15-16-9(11)2/h3-5,7-8,14,17-18H,6H2,1-2H3,(H,15,16). The van der Waals surface area contributed by atoms with E-state index in [1.54, 1.807) is 18.3 Å². The Bertz CT molecular complexity index is 517. The summed E-state index contributed by atoms with van der Waals surface area (Å²) in [6, 6.07) is 4.62. The van der Waals surface area contributed by atoms with Crippen molar-refractivity contribution in [3.8, 4) is 11.5 Å². The highest BCUT2D eigenvalue weighted by molar-refractivity contribution is 5.38. The molecule has 0 radical (unpaired) electrons. The summed E-state index contributed by atoms with van der Waals surface area (Å²) in [7, 11) is 0. The molecule has 1 aromatic heterocycles. The monoisotopic (exact) mass is 247 g/mol. The Morgan fingerprint density at radius 3 is 2.50 bits per heavy atom. The first kappa shape index (κ1) is 12.4. The summed E-state index contributed by atoms with van der Waals surface area (Å²) in [4.78, 5) is 0. The molecule has 4 N–H and O–H groups in total. The second kappa shape index (κ2) is 5.10. The molecule has 0 aliphatic rings. The van der Waals surface area contributed by atoms with Crippen LogP contribution in [-0.4, -0.2) is 20.4 Å². The van der Waals surface area contributed by atoms with Gasteiger partial charge in [-0.25, -0.2) is 0 Å². The fraction of sp³-hybridized carbons (Fsp3) is 0.308. The van der Waals surface area contributed by atoms with Crippen molar-refractivity contribution in [3.05, 3.63) is 41.2 Å². The number of hydrogen-bond acceptors (Lipinski definition) is 4. The Kier molecular flexibility index (Phi) is 3.53. The van der Waals surface area contributed by atoms with Crippen molar-refractivity contribution in [1.82, 2.24) is 15.5 Å². The van der Waals surface area contributed by atoms with E-state index in [4.69, 9.17) is 0 Å². The number of H-pyrrole nitrogens is 1. The Hall–Kier alpha value is -2.01. The minimum atomic E-state index is 0.0253. The lowest BCUT2D eigenvalue weighted by Gasteiger charge is -2.14.